The number of allylic oxidation sites excluding steroid dienone is 1. The van der Waals surface area contributed by atoms with Gasteiger partial charge in [-0.1, -0.05) is 39.8 Å². The molecular formula is C45H71N3O9. The normalized spacial score (nSPS) is 38.1. The fraction of sp³-hybridized carbons (Fsp3) is 0.822. The Balaban J connectivity index is 1.45. The first kappa shape index (κ1) is 44.7. The fourth-order valence-electron chi connectivity index (χ4n) is 13.4. The molecule has 5 saturated carbocycles. The molecule has 0 saturated heterocycles. The quantitative estimate of drug-likeness (QED) is 0.107. The Morgan fingerprint density at radius 1 is 0.614 bits per heavy atom. The van der Waals surface area contributed by atoms with E-state index in [1.807, 2.05) is 20.8 Å². The van der Waals surface area contributed by atoms with Crippen molar-refractivity contribution in [3.05, 3.63) is 12.2 Å². The number of carbonyl (C=O) groups is 6. The van der Waals surface area contributed by atoms with Gasteiger partial charge in [0.2, 0.25) is 0 Å². The van der Waals surface area contributed by atoms with Gasteiger partial charge in [-0.3, -0.25) is 14.4 Å². The van der Waals surface area contributed by atoms with Crippen molar-refractivity contribution in [1.29, 1.82) is 0 Å². The third kappa shape index (κ3) is 8.00. The number of amides is 3. The molecule has 57 heavy (non-hydrogen) atoms. The number of carbonyl (C=O) groups excluding carboxylic acids is 6. The SMILES string of the molecule is C=C(C)[C@@H]1CC[C@]2(COC(=O)C(=O)NC(C)C)CC[C@]3(C)[C@H](CC[C@@H]4[C@@]5(C)CC[C@H](OC(=O)C(=O)NC(C)C)[C@@](C)(COC(=O)C(=O)NC(C)C)[C@@H]5CC[C@]43C)[C@@H]12. The minimum absolute atomic E-state index is 0.0300. The maximum Gasteiger partial charge on any atom is 0.397 e. The summed E-state index contributed by atoms with van der Waals surface area (Å²) in [5.41, 5.74) is -0.232. The lowest BCUT2D eigenvalue weighted by atomic mass is 9.32. The number of hydrogen-bond donors (Lipinski definition) is 3. The first-order valence-corrected chi connectivity index (χ1v) is 21.6. The van der Waals surface area contributed by atoms with Crippen LogP contribution in [0.1, 0.15) is 140 Å². The number of ether oxygens (including phenoxy) is 3. The van der Waals surface area contributed by atoms with E-state index in [1.54, 1.807) is 27.7 Å². The molecular weight excluding hydrogens is 727 g/mol. The molecule has 0 unspecified atom stereocenters. The lowest BCUT2D eigenvalue weighted by Gasteiger charge is -2.73. The van der Waals surface area contributed by atoms with Crippen LogP contribution in [-0.2, 0) is 43.0 Å². The van der Waals surface area contributed by atoms with Crippen molar-refractivity contribution < 1.29 is 43.0 Å². The summed E-state index contributed by atoms with van der Waals surface area (Å²) >= 11 is 0. The van der Waals surface area contributed by atoms with E-state index >= 15 is 0 Å². The third-order valence-electron chi connectivity index (χ3n) is 16.1. The third-order valence-corrected chi connectivity index (χ3v) is 16.1. The largest absolute Gasteiger partial charge is 0.458 e. The molecule has 0 radical (unpaired) electrons. The molecule has 3 amide bonds. The van der Waals surface area contributed by atoms with Gasteiger partial charge in [0, 0.05) is 29.0 Å². The maximum absolute atomic E-state index is 13.2. The van der Waals surface area contributed by atoms with Gasteiger partial charge >= 0.3 is 35.6 Å². The Morgan fingerprint density at radius 2 is 1.16 bits per heavy atom. The average Bonchev–Trinajstić information content (AvgIpc) is 3.50. The summed E-state index contributed by atoms with van der Waals surface area (Å²) < 4.78 is 17.7. The summed E-state index contributed by atoms with van der Waals surface area (Å²) in [6.45, 7) is 26.8. The van der Waals surface area contributed by atoms with Gasteiger partial charge in [-0.15, -0.1) is 0 Å². The molecule has 0 aromatic heterocycles. The highest BCUT2D eigenvalue weighted by molar-refractivity contribution is 6.33. The standard InChI is InChI=1S/C45H71N3O9/c1-25(2)29-15-20-45(24-56-39(53)36(50)47-27(5)6)22-21-43(11)30(34(29)45)13-14-32-41(9)18-17-33(57-40(54)37(51)48-28(7)8)42(10,31(41)16-19-44(32,43)12)23-55-38(52)35(49)46-26(3)4/h26-34H,1,13-24H2,2-12H3,(H,46,49)(H,47,50)(H,48,51)/t29-,30+,31+,32+,33-,34+,41-,42-,43+,44+,45+/m0/s1. The lowest BCUT2D eigenvalue weighted by Crippen LogP contribution is -2.68. The van der Waals surface area contributed by atoms with Crippen LogP contribution < -0.4 is 16.0 Å². The van der Waals surface area contributed by atoms with Crippen molar-refractivity contribution in [3.63, 3.8) is 0 Å². The van der Waals surface area contributed by atoms with Crippen LogP contribution in [-0.4, -0.2) is 73.1 Å². The lowest BCUT2D eigenvalue weighted by molar-refractivity contribution is -0.259. The van der Waals surface area contributed by atoms with E-state index in [4.69, 9.17) is 14.2 Å². The van der Waals surface area contributed by atoms with E-state index in [1.165, 1.54) is 5.57 Å². The minimum atomic E-state index is -0.978. The summed E-state index contributed by atoms with van der Waals surface area (Å²) in [6, 6.07) is -0.653. The highest BCUT2D eigenvalue weighted by Crippen LogP contribution is 2.77. The predicted octanol–water partition coefficient (Wildman–Crippen LogP) is 6.20. The van der Waals surface area contributed by atoms with E-state index in [-0.39, 0.29) is 64.8 Å². The van der Waals surface area contributed by atoms with Crippen LogP contribution in [0.3, 0.4) is 0 Å². The maximum atomic E-state index is 13.2. The van der Waals surface area contributed by atoms with Gasteiger partial charge in [-0.25, -0.2) is 14.4 Å². The fourth-order valence-corrected chi connectivity index (χ4v) is 13.4. The van der Waals surface area contributed by atoms with Gasteiger partial charge in [0.15, 0.2) is 0 Å². The van der Waals surface area contributed by atoms with Crippen LogP contribution in [0.25, 0.3) is 0 Å². The van der Waals surface area contributed by atoms with E-state index < -0.39 is 47.1 Å². The molecule has 11 atom stereocenters. The van der Waals surface area contributed by atoms with Gasteiger partial charge < -0.3 is 30.2 Å². The van der Waals surface area contributed by atoms with Gasteiger partial charge in [-0.05, 0) is 159 Å². The topological polar surface area (TPSA) is 166 Å². The van der Waals surface area contributed by atoms with Gasteiger partial charge in [0.05, 0.1) is 6.61 Å². The number of rotatable bonds is 9. The van der Waals surface area contributed by atoms with Gasteiger partial charge in [0.25, 0.3) is 0 Å². The summed E-state index contributed by atoms with van der Waals surface area (Å²) in [4.78, 5) is 77.1. The summed E-state index contributed by atoms with van der Waals surface area (Å²) in [6.07, 6.45) is 8.08. The second-order valence-corrected chi connectivity index (χ2v) is 20.5. The molecule has 0 bridgehead atoms. The summed E-state index contributed by atoms with van der Waals surface area (Å²) in [5.74, 6) is -3.87. The second-order valence-electron chi connectivity index (χ2n) is 20.5. The van der Waals surface area contributed by atoms with Crippen LogP contribution in [0.15, 0.2) is 12.2 Å². The molecule has 3 N–H and O–H groups in total. The zero-order valence-electron chi connectivity index (χ0n) is 36.6. The number of esters is 3. The van der Waals surface area contributed by atoms with Crippen LogP contribution in [0.2, 0.25) is 0 Å². The molecule has 0 aliphatic heterocycles. The second kappa shape index (κ2) is 16.3. The zero-order valence-corrected chi connectivity index (χ0v) is 36.6. The number of fused-ring (bicyclic) bond motifs is 7. The number of nitrogens with one attached hydrogen (secondary N) is 3. The average molecular weight is 798 g/mol. The Morgan fingerprint density at radius 3 is 1.70 bits per heavy atom. The van der Waals surface area contributed by atoms with E-state index in [0.717, 1.165) is 57.8 Å². The highest BCUT2D eigenvalue weighted by atomic mass is 16.6. The van der Waals surface area contributed by atoms with Crippen molar-refractivity contribution >= 4 is 35.6 Å². The van der Waals surface area contributed by atoms with Crippen molar-refractivity contribution in [3.8, 4) is 0 Å². The molecule has 12 nitrogen and oxygen atoms in total. The molecule has 0 aromatic rings. The van der Waals surface area contributed by atoms with E-state index in [9.17, 15) is 28.8 Å². The van der Waals surface area contributed by atoms with Crippen molar-refractivity contribution in [2.24, 2.45) is 56.7 Å². The Hall–Kier alpha value is -3.44. The summed E-state index contributed by atoms with van der Waals surface area (Å²) in [5, 5.41) is 7.91. The van der Waals surface area contributed by atoms with Crippen molar-refractivity contribution in [2.45, 2.75) is 165 Å². The van der Waals surface area contributed by atoms with Crippen LogP contribution in [0.4, 0.5) is 0 Å². The van der Waals surface area contributed by atoms with E-state index in [2.05, 4.69) is 50.2 Å². The minimum Gasteiger partial charge on any atom is -0.458 e. The number of hydrogen-bond acceptors (Lipinski definition) is 9. The Kier molecular flexibility index (Phi) is 12.8. The molecule has 5 aliphatic rings. The molecule has 0 aromatic carbocycles. The van der Waals surface area contributed by atoms with Crippen LogP contribution >= 0.6 is 0 Å². The van der Waals surface area contributed by atoms with E-state index in [0.29, 0.717) is 24.2 Å². The molecule has 0 spiro atoms. The van der Waals surface area contributed by atoms with Gasteiger partial charge in [0.1, 0.15) is 12.7 Å². The van der Waals surface area contributed by atoms with Crippen LogP contribution in [0.5, 0.6) is 0 Å². The highest BCUT2D eigenvalue weighted by Gasteiger charge is 2.72. The first-order valence-electron chi connectivity index (χ1n) is 21.6. The first-order chi connectivity index (χ1) is 26.5. The van der Waals surface area contributed by atoms with Crippen molar-refractivity contribution in [2.75, 3.05) is 13.2 Å². The van der Waals surface area contributed by atoms with Crippen molar-refractivity contribution in [1.82, 2.24) is 16.0 Å². The zero-order chi connectivity index (χ0) is 42.5. The predicted molar refractivity (Wildman–Crippen MR) is 215 cm³/mol. The molecule has 0 heterocycles. The van der Waals surface area contributed by atoms with Crippen LogP contribution in [0, 0.1) is 56.7 Å². The summed E-state index contributed by atoms with van der Waals surface area (Å²) in [7, 11) is 0. The van der Waals surface area contributed by atoms with Gasteiger partial charge in [-0.2, -0.15) is 0 Å². The molecule has 5 aliphatic carbocycles. The monoisotopic (exact) mass is 798 g/mol. The molecule has 12 heteroatoms. The molecule has 5 fully saturated rings. The Bertz CT molecular complexity index is 1630. The smallest absolute Gasteiger partial charge is 0.397 e. The molecule has 5 rings (SSSR count). The molecule has 320 valence electrons. The Labute approximate surface area is 340 Å².